The number of halogens is 4. The van der Waals surface area contributed by atoms with E-state index in [-0.39, 0.29) is 36.5 Å². The Hall–Kier alpha value is -3.82. The lowest BCUT2D eigenvalue weighted by Gasteiger charge is -2.20. The summed E-state index contributed by atoms with van der Waals surface area (Å²) in [5.41, 5.74) is -0.251. The number of carbonyl (C=O) groups is 2. The van der Waals surface area contributed by atoms with Crippen LogP contribution in [0.15, 0.2) is 60.9 Å². The highest BCUT2D eigenvalue weighted by Crippen LogP contribution is 2.33. The Labute approximate surface area is 186 Å². The minimum absolute atomic E-state index is 0.00772. The van der Waals surface area contributed by atoms with E-state index < -0.39 is 35.4 Å². The summed E-state index contributed by atoms with van der Waals surface area (Å²) in [6.45, 7) is 0.0112. The number of alkyl halides is 3. The number of nitrogens with one attached hydrogen (secondary N) is 1. The van der Waals surface area contributed by atoms with Crippen LogP contribution in [-0.4, -0.2) is 39.3 Å². The van der Waals surface area contributed by atoms with E-state index in [1.54, 1.807) is 6.07 Å². The Morgan fingerprint density at radius 1 is 1.09 bits per heavy atom. The number of carbonyl (C=O) groups excluding carboxylic acids is 2. The van der Waals surface area contributed by atoms with Gasteiger partial charge in [-0.3, -0.25) is 9.59 Å². The van der Waals surface area contributed by atoms with Crippen molar-refractivity contribution < 1.29 is 27.2 Å². The maximum atomic E-state index is 13.4. The zero-order valence-corrected chi connectivity index (χ0v) is 17.1. The van der Waals surface area contributed by atoms with Gasteiger partial charge in [-0.2, -0.15) is 13.2 Å². The Morgan fingerprint density at radius 3 is 2.52 bits per heavy atom. The lowest BCUT2D eigenvalue weighted by Crippen LogP contribution is -2.41. The van der Waals surface area contributed by atoms with E-state index >= 15 is 0 Å². The minimum atomic E-state index is -4.52. The molecule has 10 heteroatoms. The molecule has 1 aliphatic heterocycles. The van der Waals surface area contributed by atoms with Gasteiger partial charge < -0.3 is 10.2 Å². The monoisotopic (exact) mass is 458 g/mol. The molecule has 2 aromatic carbocycles. The van der Waals surface area contributed by atoms with E-state index in [0.717, 1.165) is 6.07 Å². The number of likely N-dealkylation sites (tertiary alicyclic amines) is 1. The van der Waals surface area contributed by atoms with Crippen LogP contribution in [-0.2, 0) is 17.5 Å². The predicted octanol–water partition coefficient (Wildman–Crippen LogP) is 3.83. The largest absolute Gasteiger partial charge is 0.416 e. The third kappa shape index (κ3) is 5.00. The number of benzene rings is 2. The summed E-state index contributed by atoms with van der Waals surface area (Å²) in [5.74, 6) is -1.26. The van der Waals surface area contributed by atoms with Crippen molar-refractivity contribution in [2.45, 2.75) is 25.2 Å². The number of rotatable bonds is 5. The van der Waals surface area contributed by atoms with Gasteiger partial charge in [0.1, 0.15) is 11.9 Å². The fourth-order valence-corrected chi connectivity index (χ4v) is 3.63. The second kappa shape index (κ2) is 8.97. The van der Waals surface area contributed by atoms with Crippen LogP contribution in [0.4, 0.5) is 17.6 Å². The van der Waals surface area contributed by atoms with Crippen LogP contribution in [0.1, 0.15) is 27.9 Å². The molecule has 0 spiro atoms. The average Bonchev–Trinajstić information content (AvgIpc) is 3.12. The van der Waals surface area contributed by atoms with E-state index in [1.807, 2.05) is 0 Å². The Kier molecular flexibility index (Phi) is 6.08. The molecule has 4 rings (SSSR count). The van der Waals surface area contributed by atoms with Gasteiger partial charge in [0.05, 0.1) is 11.1 Å². The van der Waals surface area contributed by atoms with Crippen LogP contribution in [0, 0.1) is 5.82 Å². The SMILES string of the molecule is O=C(NC1CCN(Cc2ccccc2C(F)(F)F)C1=O)c1cnc(-c2cccc(F)c2)nc1. The van der Waals surface area contributed by atoms with Crippen LogP contribution >= 0.6 is 0 Å². The van der Waals surface area contributed by atoms with E-state index in [4.69, 9.17) is 0 Å². The standard InChI is InChI=1S/C23H18F4N4O2/c24-17-6-3-5-14(10-17)20-28-11-16(12-29-20)21(32)30-19-8-9-31(22(19)33)13-15-4-1-2-7-18(15)23(25,26)27/h1-7,10-12,19H,8-9,13H2,(H,30,32). The molecule has 1 saturated heterocycles. The van der Waals surface area contributed by atoms with Gasteiger partial charge in [-0.25, -0.2) is 14.4 Å². The molecule has 1 aromatic heterocycles. The van der Waals surface area contributed by atoms with Crippen LogP contribution in [0.3, 0.4) is 0 Å². The lowest BCUT2D eigenvalue weighted by molar-refractivity contribution is -0.139. The van der Waals surface area contributed by atoms with Crippen LogP contribution in [0.2, 0.25) is 0 Å². The second-order valence-corrected chi connectivity index (χ2v) is 7.54. The first-order chi connectivity index (χ1) is 15.7. The summed E-state index contributed by atoms with van der Waals surface area (Å²) in [6, 6.07) is 9.91. The van der Waals surface area contributed by atoms with Crippen molar-refractivity contribution in [3.8, 4) is 11.4 Å². The van der Waals surface area contributed by atoms with Gasteiger partial charge in [0.2, 0.25) is 5.91 Å². The molecule has 2 amide bonds. The number of hydrogen-bond acceptors (Lipinski definition) is 4. The summed E-state index contributed by atoms with van der Waals surface area (Å²) >= 11 is 0. The molecule has 1 unspecified atom stereocenters. The molecular weight excluding hydrogens is 440 g/mol. The van der Waals surface area contributed by atoms with Crippen LogP contribution in [0.5, 0.6) is 0 Å². The highest BCUT2D eigenvalue weighted by molar-refractivity contribution is 5.97. The van der Waals surface area contributed by atoms with Crippen LogP contribution in [0.25, 0.3) is 11.4 Å². The molecule has 1 aliphatic rings. The zero-order valence-electron chi connectivity index (χ0n) is 17.1. The Balaban J connectivity index is 1.40. The fourth-order valence-electron chi connectivity index (χ4n) is 3.63. The molecule has 0 radical (unpaired) electrons. The summed E-state index contributed by atoms with van der Waals surface area (Å²) in [7, 11) is 0. The van der Waals surface area contributed by atoms with Crippen LogP contribution < -0.4 is 5.32 Å². The molecule has 6 nitrogen and oxygen atoms in total. The number of nitrogens with zero attached hydrogens (tertiary/aromatic N) is 3. The first-order valence-corrected chi connectivity index (χ1v) is 10.0. The smallest absolute Gasteiger partial charge is 0.340 e. The zero-order chi connectivity index (χ0) is 23.6. The Bertz CT molecular complexity index is 1180. The van der Waals surface area contributed by atoms with Crippen molar-refractivity contribution in [3.05, 3.63) is 83.4 Å². The molecule has 0 aliphatic carbocycles. The normalized spacial score (nSPS) is 16.2. The van der Waals surface area contributed by atoms with E-state index in [0.29, 0.717) is 5.56 Å². The van der Waals surface area contributed by atoms with E-state index in [1.165, 1.54) is 53.7 Å². The molecular formula is C23H18F4N4O2. The first kappa shape index (κ1) is 22.4. The van der Waals surface area contributed by atoms with Crippen molar-refractivity contribution >= 4 is 11.8 Å². The van der Waals surface area contributed by atoms with Gasteiger partial charge in [-0.1, -0.05) is 30.3 Å². The molecule has 3 aromatic rings. The first-order valence-electron chi connectivity index (χ1n) is 10.0. The van der Waals surface area contributed by atoms with Crippen molar-refractivity contribution in [1.29, 1.82) is 0 Å². The fraction of sp³-hybridized carbons (Fsp3) is 0.217. The van der Waals surface area contributed by atoms with Crippen molar-refractivity contribution in [2.24, 2.45) is 0 Å². The summed E-state index contributed by atoms with van der Waals surface area (Å²) in [5, 5.41) is 2.58. The summed E-state index contributed by atoms with van der Waals surface area (Å²) in [6.07, 6.45) is -1.73. The Morgan fingerprint density at radius 2 is 1.82 bits per heavy atom. The molecule has 0 bridgehead atoms. The van der Waals surface area contributed by atoms with Gasteiger partial charge in [0, 0.05) is 31.0 Å². The number of amides is 2. The third-order valence-electron chi connectivity index (χ3n) is 5.28. The molecule has 0 saturated carbocycles. The van der Waals surface area contributed by atoms with Crippen molar-refractivity contribution in [3.63, 3.8) is 0 Å². The van der Waals surface area contributed by atoms with E-state index in [2.05, 4.69) is 15.3 Å². The maximum Gasteiger partial charge on any atom is 0.416 e. The second-order valence-electron chi connectivity index (χ2n) is 7.54. The molecule has 1 N–H and O–H groups in total. The number of aromatic nitrogens is 2. The minimum Gasteiger partial charge on any atom is -0.340 e. The maximum absolute atomic E-state index is 13.4. The third-order valence-corrected chi connectivity index (χ3v) is 5.28. The molecule has 170 valence electrons. The average molecular weight is 458 g/mol. The van der Waals surface area contributed by atoms with Gasteiger partial charge in [0.25, 0.3) is 5.91 Å². The van der Waals surface area contributed by atoms with Crippen molar-refractivity contribution in [2.75, 3.05) is 6.54 Å². The highest BCUT2D eigenvalue weighted by Gasteiger charge is 2.36. The summed E-state index contributed by atoms with van der Waals surface area (Å²) < 4.78 is 53.0. The lowest BCUT2D eigenvalue weighted by atomic mass is 10.1. The van der Waals surface area contributed by atoms with Gasteiger partial charge >= 0.3 is 6.18 Å². The molecule has 33 heavy (non-hydrogen) atoms. The summed E-state index contributed by atoms with van der Waals surface area (Å²) in [4.78, 5) is 34.6. The molecule has 2 heterocycles. The molecule has 1 atom stereocenters. The van der Waals surface area contributed by atoms with E-state index in [9.17, 15) is 27.2 Å². The topological polar surface area (TPSA) is 75.2 Å². The quantitative estimate of drug-likeness (QED) is 0.590. The van der Waals surface area contributed by atoms with Crippen molar-refractivity contribution in [1.82, 2.24) is 20.2 Å². The van der Waals surface area contributed by atoms with Gasteiger partial charge in [-0.05, 0) is 30.2 Å². The number of hydrogen-bond donors (Lipinski definition) is 1. The predicted molar refractivity (Wildman–Crippen MR) is 110 cm³/mol. The molecule has 1 fully saturated rings. The van der Waals surface area contributed by atoms with Gasteiger partial charge in [0.15, 0.2) is 5.82 Å². The highest BCUT2D eigenvalue weighted by atomic mass is 19.4. The van der Waals surface area contributed by atoms with Gasteiger partial charge in [-0.15, -0.1) is 0 Å².